The predicted octanol–water partition coefficient (Wildman–Crippen LogP) is 4.64. The number of nitrogens with zero attached hydrogens (tertiary/aromatic N) is 2. The summed E-state index contributed by atoms with van der Waals surface area (Å²) < 4.78 is 44.4. The molecular weight excluding hydrogens is 359 g/mol. The lowest BCUT2D eigenvalue weighted by atomic mass is 10.2. The maximum atomic E-state index is 12.6. The van der Waals surface area contributed by atoms with Crippen LogP contribution in [0.1, 0.15) is 11.3 Å². The summed E-state index contributed by atoms with van der Waals surface area (Å²) in [6.07, 6.45) is -3.44. The summed E-state index contributed by atoms with van der Waals surface area (Å²) in [6.45, 7) is 1.60. The van der Waals surface area contributed by atoms with Crippen molar-refractivity contribution in [2.45, 2.75) is 19.6 Å². The molecule has 0 unspecified atom stereocenters. The first-order valence-corrected chi connectivity index (χ1v) is 8.05. The number of rotatable bonds is 5. The van der Waals surface area contributed by atoms with Crippen molar-refractivity contribution in [1.29, 1.82) is 0 Å². The smallest absolute Gasteiger partial charge is 0.435 e. The van der Waals surface area contributed by atoms with Crippen LogP contribution in [0.4, 0.5) is 18.9 Å². The Labute approximate surface area is 153 Å². The Morgan fingerprint density at radius 3 is 2.48 bits per heavy atom. The Morgan fingerprint density at radius 2 is 1.81 bits per heavy atom. The van der Waals surface area contributed by atoms with Gasteiger partial charge in [-0.3, -0.25) is 9.48 Å². The molecule has 1 aromatic heterocycles. The van der Waals surface area contributed by atoms with Crippen LogP contribution in [-0.2, 0) is 17.5 Å². The number of carbonyl (C=O) groups is 1. The van der Waals surface area contributed by atoms with E-state index in [1.54, 1.807) is 36.4 Å². The van der Waals surface area contributed by atoms with Gasteiger partial charge in [-0.1, -0.05) is 29.8 Å². The average Bonchev–Trinajstić information content (AvgIpc) is 3.07. The highest BCUT2D eigenvalue weighted by molar-refractivity contribution is 5.92. The number of para-hydroxylation sites is 2. The van der Waals surface area contributed by atoms with Crippen LogP contribution in [0.15, 0.2) is 60.8 Å². The number of benzene rings is 2. The summed E-state index contributed by atoms with van der Waals surface area (Å²) in [5.74, 6) is 0.502. The predicted molar refractivity (Wildman–Crippen MR) is 93.6 cm³/mol. The van der Waals surface area contributed by atoms with Gasteiger partial charge in [-0.05, 0) is 37.3 Å². The van der Waals surface area contributed by atoms with Gasteiger partial charge in [0.05, 0.1) is 5.69 Å². The second-order valence-electron chi connectivity index (χ2n) is 5.86. The fraction of sp³-hybridized carbons (Fsp3) is 0.158. The van der Waals surface area contributed by atoms with E-state index < -0.39 is 17.8 Å². The second-order valence-corrected chi connectivity index (χ2v) is 5.86. The monoisotopic (exact) mass is 375 g/mol. The van der Waals surface area contributed by atoms with E-state index in [9.17, 15) is 18.0 Å². The lowest BCUT2D eigenvalue weighted by Gasteiger charge is -2.12. The molecule has 0 aliphatic rings. The average molecular weight is 375 g/mol. The maximum Gasteiger partial charge on any atom is 0.435 e. The van der Waals surface area contributed by atoms with Crippen molar-refractivity contribution >= 4 is 11.6 Å². The summed E-state index contributed by atoms with van der Waals surface area (Å²) in [6, 6.07) is 15.0. The normalized spacial score (nSPS) is 11.3. The van der Waals surface area contributed by atoms with Crippen LogP contribution in [0, 0.1) is 6.92 Å². The van der Waals surface area contributed by atoms with Gasteiger partial charge in [0.2, 0.25) is 5.91 Å². The van der Waals surface area contributed by atoms with Gasteiger partial charge >= 0.3 is 6.18 Å². The molecule has 2 aromatic carbocycles. The van der Waals surface area contributed by atoms with Crippen molar-refractivity contribution in [3.63, 3.8) is 0 Å². The number of ether oxygens (including phenoxy) is 1. The van der Waals surface area contributed by atoms with Gasteiger partial charge < -0.3 is 10.1 Å². The number of alkyl halides is 3. The van der Waals surface area contributed by atoms with E-state index in [1.807, 2.05) is 19.1 Å². The number of halogens is 3. The van der Waals surface area contributed by atoms with Crippen LogP contribution in [0.25, 0.3) is 0 Å². The van der Waals surface area contributed by atoms with Gasteiger partial charge in [0.1, 0.15) is 12.3 Å². The SMILES string of the molecule is Cc1ccc(Oc2ccccc2NC(=O)Cn2ccc(C(F)(F)F)n2)cc1. The Hall–Kier alpha value is -3.29. The first-order valence-electron chi connectivity index (χ1n) is 8.05. The van der Waals surface area contributed by atoms with Crippen molar-refractivity contribution in [2.24, 2.45) is 0 Å². The van der Waals surface area contributed by atoms with E-state index in [4.69, 9.17) is 4.74 Å². The molecule has 0 radical (unpaired) electrons. The molecule has 3 aromatic rings. The summed E-state index contributed by atoms with van der Waals surface area (Å²) in [5, 5.41) is 5.99. The molecule has 0 fully saturated rings. The van der Waals surface area contributed by atoms with Crippen LogP contribution in [0.5, 0.6) is 11.5 Å². The Bertz CT molecular complexity index is 934. The molecular formula is C19H16F3N3O2. The Morgan fingerprint density at radius 1 is 1.11 bits per heavy atom. The number of aromatic nitrogens is 2. The van der Waals surface area contributed by atoms with Crippen LogP contribution < -0.4 is 10.1 Å². The van der Waals surface area contributed by atoms with E-state index in [2.05, 4.69) is 10.4 Å². The molecule has 0 aliphatic heterocycles. The fourth-order valence-corrected chi connectivity index (χ4v) is 2.33. The number of hydrogen-bond donors (Lipinski definition) is 1. The van der Waals surface area contributed by atoms with Gasteiger partial charge in [0, 0.05) is 6.20 Å². The van der Waals surface area contributed by atoms with E-state index >= 15 is 0 Å². The number of nitrogens with one attached hydrogen (secondary N) is 1. The third kappa shape index (κ3) is 4.87. The molecule has 27 heavy (non-hydrogen) atoms. The number of aryl methyl sites for hydroxylation is 1. The molecule has 3 rings (SSSR count). The number of anilines is 1. The molecule has 1 amide bonds. The number of amides is 1. The minimum absolute atomic E-state index is 0.352. The second kappa shape index (κ2) is 7.53. The fourth-order valence-electron chi connectivity index (χ4n) is 2.33. The minimum atomic E-state index is -4.55. The summed E-state index contributed by atoms with van der Waals surface area (Å²) in [4.78, 5) is 12.2. The number of carbonyl (C=O) groups excluding carboxylic acids is 1. The Kier molecular flexibility index (Phi) is 5.16. The van der Waals surface area contributed by atoms with Crippen molar-refractivity contribution in [3.05, 3.63) is 72.1 Å². The van der Waals surface area contributed by atoms with Crippen molar-refractivity contribution in [1.82, 2.24) is 9.78 Å². The quantitative estimate of drug-likeness (QED) is 0.707. The van der Waals surface area contributed by atoms with Gasteiger partial charge in [-0.25, -0.2) is 0 Å². The van der Waals surface area contributed by atoms with Crippen LogP contribution in [-0.4, -0.2) is 15.7 Å². The van der Waals surface area contributed by atoms with Gasteiger partial charge in [0.25, 0.3) is 0 Å². The first kappa shape index (κ1) is 18.5. The molecule has 140 valence electrons. The van der Waals surface area contributed by atoms with E-state index in [0.717, 1.165) is 22.5 Å². The highest BCUT2D eigenvalue weighted by atomic mass is 19.4. The lowest BCUT2D eigenvalue weighted by Crippen LogP contribution is -2.20. The molecule has 0 aliphatic carbocycles. The molecule has 0 atom stereocenters. The summed E-state index contributed by atoms with van der Waals surface area (Å²) in [5.41, 5.74) is 0.450. The number of hydrogen-bond acceptors (Lipinski definition) is 3. The third-order valence-electron chi connectivity index (χ3n) is 3.65. The largest absolute Gasteiger partial charge is 0.455 e. The lowest BCUT2D eigenvalue weighted by molar-refractivity contribution is -0.141. The first-order chi connectivity index (χ1) is 12.8. The topological polar surface area (TPSA) is 56.1 Å². The van der Waals surface area contributed by atoms with Gasteiger partial charge in [-0.2, -0.15) is 18.3 Å². The van der Waals surface area contributed by atoms with Gasteiger partial charge in [-0.15, -0.1) is 0 Å². The van der Waals surface area contributed by atoms with Crippen molar-refractivity contribution < 1.29 is 22.7 Å². The van der Waals surface area contributed by atoms with Crippen molar-refractivity contribution in [2.75, 3.05) is 5.32 Å². The standard InChI is InChI=1S/C19H16F3N3O2/c1-13-6-8-14(9-7-13)27-16-5-3-2-4-15(16)23-18(26)12-25-11-10-17(24-25)19(20,21)22/h2-11H,12H2,1H3,(H,23,26). The van der Waals surface area contributed by atoms with Crippen LogP contribution in [0.2, 0.25) is 0 Å². The summed E-state index contributed by atoms with van der Waals surface area (Å²) >= 11 is 0. The molecule has 5 nitrogen and oxygen atoms in total. The molecule has 8 heteroatoms. The van der Waals surface area contributed by atoms with E-state index in [1.165, 1.54) is 0 Å². The van der Waals surface area contributed by atoms with Gasteiger partial charge in [0.15, 0.2) is 11.4 Å². The maximum absolute atomic E-state index is 12.6. The molecule has 0 saturated heterocycles. The molecule has 0 saturated carbocycles. The van der Waals surface area contributed by atoms with Crippen LogP contribution in [0.3, 0.4) is 0 Å². The van der Waals surface area contributed by atoms with E-state index in [0.29, 0.717) is 17.2 Å². The molecule has 0 bridgehead atoms. The zero-order valence-corrected chi connectivity index (χ0v) is 14.3. The molecule has 1 heterocycles. The summed E-state index contributed by atoms with van der Waals surface area (Å²) in [7, 11) is 0. The van der Waals surface area contributed by atoms with E-state index in [-0.39, 0.29) is 6.54 Å². The highest BCUT2D eigenvalue weighted by Gasteiger charge is 2.33. The minimum Gasteiger partial charge on any atom is -0.455 e. The zero-order valence-electron chi connectivity index (χ0n) is 14.3. The highest BCUT2D eigenvalue weighted by Crippen LogP contribution is 2.30. The van der Waals surface area contributed by atoms with Crippen LogP contribution >= 0.6 is 0 Å². The third-order valence-corrected chi connectivity index (χ3v) is 3.65. The zero-order chi connectivity index (χ0) is 19.4. The Balaban J connectivity index is 1.69. The van der Waals surface area contributed by atoms with Crippen molar-refractivity contribution in [3.8, 4) is 11.5 Å². The molecule has 0 spiro atoms. The molecule has 1 N–H and O–H groups in total.